The summed E-state index contributed by atoms with van der Waals surface area (Å²) in [6.07, 6.45) is 1.70. The van der Waals surface area contributed by atoms with E-state index in [0.717, 1.165) is 0 Å². The molecule has 0 aliphatic carbocycles. The summed E-state index contributed by atoms with van der Waals surface area (Å²) in [5.74, 6) is -3.34. The van der Waals surface area contributed by atoms with E-state index in [0.29, 0.717) is 32.2 Å². The Hall–Kier alpha value is -2.89. The number of amides is 3. The standard InChI is InChI=1S/C23H45N7O5/c1-7-14(6)18(30-19(31)15(24)9-8-10-27-23(25)26)21(33)28-16(11-12(2)3)20(32)29-17(13(4)5)22(34)35/h12-18H,7-11,24H2,1-6H3,(H,28,33)(H,29,32)(H,30,31)(H,34,35)(H4,25,26,27). The van der Waals surface area contributed by atoms with Crippen molar-refractivity contribution in [3.63, 3.8) is 0 Å². The Morgan fingerprint density at radius 3 is 1.91 bits per heavy atom. The van der Waals surface area contributed by atoms with Gasteiger partial charge in [0.25, 0.3) is 0 Å². The van der Waals surface area contributed by atoms with Crippen LogP contribution in [-0.2, 0) is 19.2 Å². The van der Waals surface area contributed by atoms with E-state index in [9.17, 15) is 24.3 Å². The number of hydrogen-bond acceptors (Lipinski definition) is 6. The minimum absolute atomic E-state index is 0.0420. The van der Waals surface area contributed by atoms with E-state index < -0.39 is 47.9 Å². The van der Waals surface area contributed by atoms with E-state index in [4.69, 9.17) is 17.2 Å². The van der Waals surface area contributed by atoms with Gasteiger partial charge in [0.2, 0.25) is 17.7 Å². The van der Waals surface area contributed by atoms with Crippen LogP contribution in [0.25, 0.3) is 0 Å². The fourth-order valence-electron chi connectivity index (χ4n) is 3.34. The lowest BCUT2D eigenvalue weighted by Crippen LogP contribution is -2.59. The van der Waals surface area contributed by atoms with Crippen LogP contribution in [0.4, 0.5) is 0 Å². The van der Waals surface area contributed by atoms with Crippen LogP contribution in [0.1, 0.15) is 67.2 Å². The average molecular weight is 500 g/mol. The lowest BCUT2D eigenvalue weighted by Gasteiger charge is -2.29. The van der Waals surface area contributed by atoms with Crippen LogP contribution in [0.2, 0.25) is 0 Å². The van der Waals surface area contributed by atoms with Gasteiger partial charge in [0, 0.05) is 6.54 Å². The van der Waals surface area contributed by atoms with Gasteiger partial charge in [0.15, 0.2) is 5.96 Å². The zero-order chi connectivity index (χ0) is 27.3. The van der Waals surface area contributed by atoms with Gasteiger partial charge in [-0.25, -0.2) is 4.79 Å². The number of carbonyl (C=O) groups excluding carboxylic acids is 3. The monoisotopic (exact) mass is 499 g/mol. The number of aliphatic imine (C=N–C) groups is 1. The lowest BCUT2D eigenvalue weighted by atomic mass is 9.96. The molecule has 5 atom stereocenters. The van der Waals surface area contributed by atoms with Gasteiger partial charge in [-0.1, -0.05) is 48.0 Å². The van der Waals surface area contributed by atoms with Crippen LogP contribution in [0.15, 0.2) is 4.99 Å². The Morgan fingerprint density at radius 1 is 0.886 bits per heavy atom. The van der Waals surface area contributed by atoms with Gasteiger partial charge < -0.3 is 38.3 Å². The summed E-state index contributed by atoms with van der Waals surface area (Å²) < 4.78 is 0. The molecule has 0 heterocycles. The Labute approximate surface area is 208 Å². The quantitative estimate of drug-likeness (QED) is 0.0844. The molecule has 5 unspecified atom stereocenters. The van der Waals surface area contributed by atoms with Crippen molar-refractivity contribution >= 4 is 29.7 Å². The van der Waals surface area contributed by atoms with E-state index in [-0.39, 0.29) is 23.7 Å². The van der Waals surface area contributed by atoms with Crippen molar-refractivity contribution in [1.29, 1.82) is 0 Å². The Bertz CT molecular complexity index is 738. The second kappa shape index (κ2) is 15.9. The second-order valence-corrected chi connectivity index (χ2v) is 9.69. The van der Waals surface area contributed by atoms with Gasteiger partial charge in [0.05, 0.1) is 6.04 Å². The molecule has 0 saturated heterocycles. The molecule has 0 bridgehead atoms. The predicted molar refractivity (Wildman–Crippen MR) is 135 cm³/mol. The molecule has 0 aromatic heterocycles. The van der Waals surface area contributed by atoms with E-state index in [1.54, 1.807) is 13.8 Å². The SMILES string of the molecule is CCC(C)C(NC(=O)C(N)CCCN=C(N)N)C(=O)NC(CC(C)C)C(=O)NC(C(=O)O)C(C)C. The predicted octanol–water partition coefficient (Wildman–Crippen LogP) is -0.345. The van der Waals surface area contributed by atoms with Crippen LogP contribution in [0.3, 0.4) is 0 Å². The summed E-state index contributed by atoms with van der Waals surface area (Å²) in [5, 5.41) is 17.3. The molecule has 0 aromatic rings. The highest BCUT2D eigenvalue weighted by molar-refractivity contribution is 5.94. The summed E-state index contributed by atoms with van der Waals surface area (Å²) in [5.41, 5.74) is 16.5. The third kappa shape index (κ3) is 12.4. The fraction of sp³-hybridized carbons (Fsp3) is 0.783. The highest BCUT2D eigenvalue weighted by Gasteiger charge is 2.33. The summed E-state index contributed by atoms with van der Waals surface area (Å²) in [4.78, 5) is 54.1. The van der Waals surface area contributed by atoms with Crippen molar-refractivity contribution in [2.45, 2.75) is 91.4 Å². The molecular weight excluding hydrogens is 454 g/mol. The normalized spacial score (nSPS) is 15.5. The largest absolute Gasteiger partial charge is 0.480 e. The van der Waals surface area contributed by atoms with Crippen molar-refractivity contribution in [3.8, 4) is 0 Å². The van der Waals surface area contributed by atoms with Crippen molar-refractivity contribution in [2.24, 2.45) is 39.9 Å². The minimum Gasteiger partial charge on any atom is -0.480 e. The van der Waals surface area contributed by atoms with E-state index in [1.807, 2.05) is 27.7 Å². The smallest absolute Gasteiger partial charge is 0.326 e. The molecule has 12 heteroatoms. The number of carboxylic acid groups (broad SMARTS) is 1. The van der Waals surface area contributed by atoms with Crippen LogP contribution in [0, 0.1) is 17.8 Å². The zero-order valence-electron chi connectivity index (χ0n) is 21.8. The molecule has 0 aromatic carbocycles. The molecule has 3 amide bonds. The van der Waals surface area contributed by atoms with E-state index in [2.05, 4.69) is 20.9 Å². The molecule has 0 spiro atoms. The number of rotatable bonds is 16. The Morgan fingerprint density at radius 2 is 1.46 bits per heavy atom. The van der Waals surface area contributed by atoms with Crippen molar-refractivity contribution < 1.29 is 24.3 Å². The van der Waals surface area contributed by atoms with Crippen molar-refractivity contribution in [1.82, 2.24) is 16.0 Å². The number of hydrogen-bond donors (Lipinski definition) is 7. The number of nitrogens with zero attached hydrogens (tertiary/aromatic N) is 1. The molecule has 12 nitrogen and oxygen atoms in total. The molecule has 0 rings (SSSR count). The molecule has 10 N–H and O–H groups in total. The first-order valence-corrected chi connectivity index (χ1v) is 12.2. The third-order valence-corrected chi connectivity index (χ3v) is 5.67. The number of carboxylic acids is 1. The number of carbonyl (C=O) groups is 4. The van der Waals surface area contributed by atoms with E-state index >= 15 is 0 Å². The molecule has 35 heavy (non-hydrogen) atoms. The first kappa shape index (κ1) is 32.1. The molecule has 0 fully saturated rings. The number of nitrogens with one attached hydrogen (secondary N) is 3. The van der Waals surface area contributed by atoms with Crippen LogP contribution in [-0.4, -0.2) is 65.5 Å². The maximum Gasteiger partial charge on any atom is 0.326 e. The van der Waals surface area contributed by atoms with Gasteiger partial charge in [0.1, 0.15) is 18.1 Å². The lowest BCUT2D eigenvalue weighted by molar-refractivity contribution is -0.143. The van der Waals surface area contributed by atoms with Crippen molar-refractivity contribution in [2.75, 3.05) is 6.54 Å². The molecule has 202 valence electrons. The van der Waals surface area contributed by atoms with Gasteiger partial charge in [-0.2, -0.15) is 0 Å². The molecule has 0 radical (unpaired) electrons. The summed E-state index contributed by atoms with van der Waals surface area (Å²) in [6, 6.07) is -3.82. The Kier molecular flexibility index (Phi) is 14.6. The summed E-state index contributed by atoms with van der Waals surface area (Å²) in [7, 11) is 0. The average Bonchev–Trinajstić information content (AvgIpc) is 2.75. The number of nitrogens with two attached hydrogens (primary N) is 3. The molecule has 0 aliphatic heterocycles. The molecular formula is C23H45N7O5. The van der Waals surface area contributed by atoms with Gasteiger partial charge in [-0.3, -0.25) is 19.4 Å². The highest BCUT2D eigenvalue weighted by Crippen LogP contribution is 2.12. The maximum atomic E-state index is 13.2. The van der Waals surface area contributed by atoms with Gasteiger partial charge in [-0.05, 0) is 37.0 Å². The van der Waals surface area contributed by atoms with Gasteiger partial charge >= 0.3 is 5.97 Å². The highest BCUT2D eigenvalue weighted by atomic mass is 16.4. The number of aliphatic carboxylic acids is 1. The van der Waals surface area contributed by atoms with Crippen LogP contribution in [0.5, 0.6) is 0 Å². The zero-order valence-corrected chi connectivity index (χ0v) is 21.8. The minimum atomic E-state index is -1.15. The molecule has 0 saturated carbocycles. The number of guanidine groups is 1. The fourth-order valence-corrected chi connectivity index (χ4v) is 3.34. The van der Waals surface area contributed by atoms with Crippen LogP contribution >= 0.6 is 0 Å². The topological polar surface area (TPSA) is 215 Å². The summed E-state index contributed by atoms with van der Waals surface area (Å²) in [6.45, 7) is 11.2. The molecule has 0 aliphatic rings. The van der Waals surface area contributed by atoms with Crippen molar-refractivity contribution in [3.05, 3.63) is 0 Å². The van der Waals surface area contributed by atoms with Gasteiger partial charge in [-0.15, -0.1) is 0 Å². The van der Waals surface area contributed by atoms with Crippen LogP contribution < -0.4 is 33.2 Å². The summed E-state index contributed by atoms with van der Waals surface area (Å²) >= 11 is 0. The van der Waals surface area contributed by atoms with E-state index in [1.165, 1.54) is 0 Å². The third-order valence-electron chi connectivity index (χ3n) is 5.67. The maximum absolute atomic E-state index is 13.2. The first-order valence-electron chi connectivity index (χ1n) is 12.2. The Balaban J connectivity index is 5.44. The first-order chi connectivity index (χ1) is 16.2. The second-order valence-electron chi connectivity index (χ2n) is 9.69.